The van der Waals surface area contributed by atoms with Gasteiger partial charge >= 0.3 is 5.97 Å². The van der Waals surface area contributed by atoms with Gasteiger partial charge < -0.3 is 15.4 Å². The topological polar surface area (TPSA) is 98.4 Å². The number of aromatic nitrogens is 2. The van der Waals surface area contributed by atoms with E-state index in [1.165, 1.54) is 5.56 Å². The van der Waals surface area contributed by atoms with Gasteiger partial charge in [0.25, 0.3) is 0 Å². The zero-order chi connectivity index (χ0) is 31.4. The molecule has 1 atom stereocenters. The molecule has 7 nitrogen and oxygen atoms in total. The number of rotatable bonds is 9. The van der Waals surface area contributed by atoms with Gasteiger partial charge in [-0.2, -0.15) is 0 Å². The summed E-state index contributed by atoms with van der Waals surface area (Å²) in [7, 11) is 0. The van der Waals surface area contributed by atoms with Crippen molar-refractivity contribution in [1.29, 1.82) is 0 Å². The van der Waals surface area contributed by atoms with Gasteiger partial charge in [0.2, 0.25) is 5.91 Å². The molecule has 0 spiro atoms. The van der Waals surface area contributed by atoms with Crippen LogP contribution in [0.5, 0.6) is 0 Å². The Kier molecular flexibility index (Phi) is 9.20. The molecular weight excluding hydrogens is 555 g/mol. The molecule has 5 rings (SSSR count). The number of amides is 1. The zero-order valence-electron chi connectivity index (χ0n) is 25.7. The standard InChI is InChI=1S/C36H39FN4O3/c1-5-6-23-7-11-25(12-8-23)27-15-16-30(31(37)18-27)28-19-39-33(40-20-28)26-13-9-24(10-14-26)17-32(38)34(42)41-21-29(22-41)35(43)44-36(2,3)4/h7-16,18-20,29,32H,5-6,17,21-22,38H2,1-4H3. The number of carbonyl (C=O) groups is 2. The number of benzene rings is 3. The van der Waals surface area contributed by atoms with Crippen LogP contribution in [0.4, 0.5) is 4.39 Å². The lowest BCUT2D eigenvalue weighted by Gasteiger charge is -2.40. The summed E-state index contributed by atoms with van der Waals surface area (Å²) in [5, 5.41) is 0. The number of ether oxygens (including phenoxy) is 1. The molecule has 2 heterocycles. The minimum absolute atomic E-state index is 0.182. The van der Waals surface area contributed by atoms with Crippen LogP contribution in [-0.2, 0) is 27.2 Å². The first kappa shape index (κ1) is 31.0. The van der Waals surface area contributed by atoms with Crippen molar-refractivity contribution < 1.29 is 18.7 Å². The molecule has 228 valence electrons. The molecule has 1 amide bonds. The Morgan fingerprint density at radius 2 is 1.50 bits per heavy atom. The van der Waals surface area contributed by atoms with Gasteiger partial charge in [0, 0.05) is 42.2 Å². The molecule has 1 aliphatic heterocycles. The van der Waals surface area contributed by atoms with Gasteiger partial charge in [0.1, 0.15) is 11.4 Å². The van der Waals surface area contributed by atoms with E-state index in [0.717, 1.165) is 35.1 Å². The smallest absolute Gasteiger partial charge is 0.313 e. The molecule has 0 radical (unpaired) electrons. The van der Waals surface area contributed by atoms with Crippen molar-refractivity contribution in [2.45, 2.75) is 58.6 Å². The fourth-order valence-electron chi connectivity index (χ4n) is 5.26. The van der Waals surface area contributed by atoms with Gasteiger partial charge in [0.05, 0.1) is 12.0 Å². The van der Waals surface area contributed by atoms with Crippen molar-refractivity contribution in [2.75, 3.05) is 13.1 Å². The number of likely N-dealkylation sites (tertiary alicyclic amines) is 1. The van der Waals surface area contributed by atoms with Crippen LogP contribution in [-0.4, -0.2) is 51.5 Å². The number of carbonyl (C=O) groups excluding carboxylic acids is 2. The maximum Gasteiger partial charge on any atom is 0.313 e. The lowest BCUT2D eigenvalue weighted by Crippen LogP contribution is -2.58. The second-order valence-electron chi connectivity index (χ2n) is 12.4. The van der Waals surface area contributed by atoms with Crippen LogP contribution in [0.25, 0.3) is 33.6 Å². The zero-order valence-corrected chi connectivity index (χ0v) is 25.7. The third-order valence-corrected chi connectivity index (χ3v) is 7.68. The van der Waals surface area contributed by atoms with Crippen molar-refractivity contribution in [3.8, 4) is 33.6 Å². The summed E-state index contributed by atoms with van der Waals surface area (Å²) in [6.07, 6.45) is 5.73. The quantitative estimate of drug-likeness (QED) is 0.231. The summed E-state index contributed by atoms with van der Waals surface area (Å²) in [6, 6.07) is 20.3. The molecule has 2 N–H and O–H groups in total. The van der Waals surface area contributed by atoms with E-state index in [2.05, 4.69) is 29.0 Å². The predicted molar refractivity (Wildman–Crippen MR) is 170 cm³/mol. The highest BCUT2D eigenvalue weighted by Gasteiger charge is 2.39. The third kappa shape index (κ3) is 7.37. The van der Waals surface area contributed by atoms with Gasteiger partial charge in [-0.1, -0.05) is 74.0 Å². The largest absolute Gasteiger partial charge is 0.460 e. The number of halogens is 1. The summed E-state index contributed by atoms with van der Waals surface area (Å²) >= 11 is 0. The monoisotopic (exact) mass is 594 g/mol. The maximum atomic E-state index is 15.1. The average Bonchev–Trinajstić information content (AvgIpc) is 2.96. The number of esters is 1. The second kappa shape index (κ2) is 13.1. The minimum atomic E-state index is -0.710. The molecule has 1 aromatic heterocycles. The molecule has 44 heavy (non-hydrogen) atoms. The Morgan fingerprint density at radius 3 is 2.09 bits per heavy atom. The Morgan fingerprint density at radius 1 is 0.909 bits per heavy atom. The molecule has 8 heteroatoms. The first-order valence-electron chi connectivity index (χ1n) is 15.1. The van der Waals surface area contributed by atoms with Gasteiger partial charge in [-0.25, -0.2) is 14.4 Å². The van der Waals surface area contributed by atoms with E-state index in [9.17, 15) is 9.59 Å². The van der Waals surface area contributed by atoms with Crippen LogP contribution in [0.1, 0.15) is 45.2 Å². The van der Waals surface area contributed by atoms with E-state index >= 15 is 4.39 Å². The van der Waals surface area contributed by atoms with Crippen molar-refractivity contribution in [3.63, 3.8) is 0 Å². The normalized spacial score (nSPS) is 14.2. The summed E-state index contributed by atoms with van der Waals surface area (Å²) in [5.74, 6) is -0.588. The van der Waals surface area contributed by atoms with Crippen LogP contribution >= 0.6 is 0 Å². The average molecular weight is 595 g/mol. The lowest BCUT2D eigenvalue weighted by molar-refractivity contribution is -0.168. The van der Waals surface area contributed by atoms with Gasteiger partial charge in [-0.15, -0.1) is 0 Å². The number of aryl methyl sites for hydroxylation is 1. The molecule has 3 aromatic carbocycles. The summed E-state index contributed by atoms with van der Waals surface area (Å²) in [4.78, 5) is 35.5. The second-order valence-corrected chi connectivity index (χ2v) is 12.4. The van der Waals surface area contributed by atoms with Crippen LogP contribution < -0.4 is 5.73 Å². The number of hydrogen-bond donors (Lipinski definition) is 1. The fourth-order valence-corrected chi connectivity index (χ4v) is 5.26. The predicted octanol–water partition coefficient (Wildman–Crippen LogP) is 6.24. The van der Waals surface area contributed by atoms with E-state index in [0.29, 0.717) is 36.5 Å². The molecule has 1 fully saturated rings. The van der Waals surface area contributed by atoms with Crippen LogP contribution in [0.2, 0.25) is 0 Å². The van der Waals surface area contributed by atoms with E-state index in [4.69, 9.17) is 10.5 Å². The summed E-state index contributed by atoms with van der Waals surface area (Å²) in [6.45, 7) is 8.28. The molecule has 0 saturated carbocycles. The minimum Gasteiger partial charge on any atom is -0.460 e. The fraction of sp³-hybridized carbons (Fsp3) is 0.333. The van der Waals surface area contributed by atoms with Crippen molar-refractivity contribution in [1.82, 2.24) is 14.9 Å². The SMILES string of the molecule is CCCc1ccc(-c2ccc(-c3cnc(-c4ccc(CC(N)C(=O)N5CC(C(=O)OC(C)(C)C)C5)cc4)nc3)c(F)c2)cc1. The van der Waals surface area contributed by atoms with Gasteiger partial charge in [-0.3, -0.25) is 9.59 Å². The molecule has 1 aliphatic rings. The van der Waals surface area contributed by atoms with Crippen molar-refractivity contribution >= 4 is 11.9 Å². The third-order valence-electron chi connectivity index (χ3n) is 7.68. The van der Waals surface area contributed by atoms with Crippen molar-refractivity contribution in [3.05, 3.63) is 96.1 Å². The first-order valence-corrected chi connectivity index (χ1v) is 15.1. The van der Waals surface area contributed by atoms with Gasteiger partial charge in [-0.05, 0) is 61.9 Å². The molecule has 0 bridgehead atoms. The number of nitrogens with zero attached hydrogens (tertiary/aromatic N) is 3. The molecule has 1 saturated heterocycles. The highest BCUT2D eigenvalue weighted by atomic mass is 19.1. The maximum absolute atomic E-state index is 15.1. The van der Waals surface area contributed by atoms with E-state index in [-0.39, 0.29) is 23.6 Å². The molecule has 0 aliphatic carbocycles. The Balaban J connectivity index is 1.17. The summed E-state index contributed by atoms with van der Waals surface area (Å²) < 4.78 is 20.5. The van der Waals surface area contributed by atoms with Crippen LogP contribution in [0, 0.1) is 11.7 Å². The Hall–Kier alpha value is -4.43. The van der Waals surface area contributed by atoms with Gasteiger partial charge in [0.15, 0.2) is 5.82 Å². The molecule has 4 aromatic rings. The highest BCUT2D eigenvalue weighted by molar-refractivity contribution is 5.85. The molecule has 1 unspecified atom stereocenters. The molecular formula is C36H39FN4O3. The van der Waals surface area contributed by atoms with Crippen LogP contribution in [0.3, 0.4) is 0 Å². The Labute approximate surface area is 258 Å². The number of hydrogen-bond acceptors (Lipinski definition) is 6. The highest BCUT2D eigenvalue weighted by Crippen LogP contribution is 2.29. The van der Waals surface area contributed by atoms with E-state index < -0.39 is 11.6 Å². The van der Waals surface area contributed by atoms with E-state index in [1.54, 1.807) is 29.4 Å². The van der Waals surface area contributed by atoms with Crippen molar-refractivity contribution in [2.24, 2.45) is 11.7 Å². The number of nitrogens with two attached hydrogens (primary N) is 1. The first-order chi connectivity index (χ1) is 21.0. The van der Waals surface area contributed by atoms with E-state index in [1.807, 2.05) is 63.2 Å². The lowest BCUT2D eigenvalue weighted by atomic mass is 9.97. The Bertz CT molecular complexity index is 1610. The summed E-state index contributed by atoms with van der Waals surface area (Å²) in [5.41, 5.74) is 11.5. The van der Waals surface area contributed by atoms with Crippen LogP contribution in [0.15, 0.2) is 79.1 Å².